The van der Waals surface area contributed by atoms with Crippen LogP contribution in [0, 0.1) is 6.92 Å². The van der Waals surface area contributed by atoms with Gasteiger partial charge in [0.25, 0.3) is 0 Å². The predicted molar refractivity (Wildman–Crippen MR) is 62.5 cm³/mol. The summed E-state index contributed by atoms with van der Waals surface area (Å²) in [4.78, 5) is 8.17. The first-order valence-electron chi connectivity index (χ1n) is 4.71. The van der Waals surface area contributed by atoms with Gasteiger partial charge in [0, 0.05) is 12.4 Å². The number of hydrogen-bond acceptors (Lipinski definition) is 6. The van der Waals surface area contributed by atoms with Gasteiger partial charge in [0.05, 0.1) is 0 Å². The van der Waals surface area contributed by atoms with Gasteiger partial charge in [0.2, 0.25) is 22.1 Å². The largest absolute Gasteiger partial charge is 0.366 e. The van der Waals surface area contributed by atoms with Crippen LogP contribution in [0.1, 0.15) is 5.82 Å². The second kappa shape index (κ2) is 3.48. The van der Waals surface area contributed by atoms with E-state index in [2.05, 4.69) is 41.2 Å². The van der Waals surface area contributed by atoms with E-state index in [9.17, 15) is 0 Å². The Balaban J connectivity index is 2.34. The first-order valence-corrected chi connectivity index (χ1v) is 5.51. The van der Waals surface area contributed by atoms with E-state index >= 15 is 0 Å². The van der Waals surface area contributed by atoms with Gasteiger partial charge < -0.3 is 5.73 Å². The number of halogens is 1. The number of rotatable bonds is 1. The minimum absolute atomic E-state index is 0.164. The topological polar surface area (TPSA) is 99.8 Å². The highest BCUT2D eigenvalue weighted by Crippen LogP contribution is 2.17. The fraction of sp³-hybridized carbons (Fsp3) is 0.125. The summed E-state index contributed by atoms with van der Waals surface area (Å²) < 4.78 is 3.75. The van der Waals surface area contributed by atoms with Crippen molar-refractivity contribution < 1.29 is 0 Å². The number of nitrogen functional groups attached to an aromatic ring is 1. The number of nitrogens with two attached hydrogens (primary N) is 1. The summed E-state index contributed by atoms with van der Waals surface area (Å²) in [6.07, 6.45) is 3.42. The van der Waals surface area contributed by atoms with Crippen LogP contribution in [0.3, 0.4) is 0 Å². The standard InChI is InChI=1S/C8H7BrN8/c1-4-13-14-6-5(11-2-3-16(4)6)17-7(9)12-8(10)15-17/h2-3H,1H3,(H2,10,15). The molecule has 0 fully saturated rings. The molecule has 3 rings (SSSR count). The highest BCUT2D eigenvalue weighted by atomic mass is 79.9. The van der Waals surface area contributed by atoms with E-state index in [0.717, 1.165) is 5.82 Å². The molecular weight excluding hydrogens is 288 g/mol. The Bertz CT molecular complexity index is 699. The summed E-state index contributed by atoms with van der Waals surface area (Å²) >= 11 is 3.26. The second-order valence-corrected chi connectivity index (χ2v) is 4.05. The third-order valence-corrected chi connectivity index (χ3v) is 2.78. The Hall–Kier alpha value is -2.03. The lowest BCUT2D eigenvalue weighted by atomic mass is 10.6. The molecule has 0 radical (unpaired) electrons. The van der Waals surface area contributed by atoms with Crippen molar-refractivity contribution in [2.75, 3.05) is 5.73 Å². The SMILES string of the molecule is Cc1nnc2c(-n3nc(N)nc3Br)nccn12. The molecule has 0 bridgehead atoms. The smallest absolute Gasteiger partial charge is 0.241 e. The van der Waals surface area contributed by atoms with E-state index in [-0.39, 0.29) is 5.95 Å². The summed E-state index contributed by atoms with van der Waals surface area (Å²) in [7, 11) is 0. The van der Waals surface area contributed by atoms with Gasteiger partial charge >= 0.3 is 0 Å². The zero-order chi connectivity index (χ0) is 12.0. The summed E-state index contributed by atoms with van der Waals surface area (Å²) in [5, 5.41) is 12.1. The Labute approximate surface area is 104 Å². The van der Waals surface area contributed by atoms with Crippen molar-refractivity contribution in [1.82, 2.24) is 34.3 Å². The molecule has 0 saturated heterocycles. The van der Waals surface area contributed by atoms with E-state index in [1.54, 1.807) is 12.4 Å². The molecule has 17 heavy (non-hydrogen) atoms. The Morgan fingerprint density at radius 2 is 2.18 bits per heavy atom. The maximum atomic E-state index is 5.52. The minimum atomic E-state index is 0.164. The average Bonchev–Trinajstić information content (AvgIpc) is 2.83. The van der Waals surface area contributed by atoms with Gasteiger partial charge in [-0.25, -0.2) is 4.98 Å². The van der Waals surface area contributed by atoms with Crippen LogP contribution in [0.15, 0.2) is 17.1 Å². The first-order chi connectivity index (χ1) is 8.16. The van der Waals surface area contributed by atoms with Crippen molar-refractivity contribution in [2.24, 2.45) is 0 Å². The Morgan fingerprint density at radius 1 is 1.35 bits per heavy atom. The third-order valence-electron chi connectivity index (χ3n) is 2.26. The quantitative estimate of drug-likeness (QED) is 0.695. The third kappa shape index (κ3) is 1.46. The van der Waals surface area contributed by atoms with Gasteiger partial charge in [-0.05, 0) is 22.9 Å². The number of nitrogens with zero attached hydrogens (tertiary/aromatic N) is 7. The minimum Gasteiger partial charge on any atom is -0.366 e. The lowest BCUT2D eigenvalue weighted by molar-refractivity contribution is 0.822. The van der Waals surface area contributed by atoms with Crippen LogP contribution in [-0.2, 0) is 0 Å². The van der Waals surface area contributed by atoms with Crippen LogP contribution in [-0.4, -0.2) is 34.3 Å². The highest BCUT2D eigenvalue weighted by molar-refractivity contribution is 9.10. The van der Waals surface area contributed by atoms with Gasteiger partial charge in [-0.1, -0.05) is 0 Å². The molecule has 0 aliphatic carbocycles. The maximum absolute atomic E-state index is 5.52. The summed E-state index contributed by atoms with van der Waals surface area (Å²) in [5.41, 5.74) is 6.12. The normalized spacial score (nSPS) is 11.2. The van der Waals surface area contributed by atoms with E-state index in [1.165, 1.54) is 4.68 Å². The molecule has 0 saturated carbocycles. The Morgan fingerprint density at radius 3 is 2.88 bits per heavy atom. The summed E-state index contributed by atoms with van der Waals surface area (Å²) in [6.45, 7) is 1.86. The summed E-state index contributed by atoms with van der Waals surface area (Å²) in [5.74, 6) is 1.45. The molecule has 0 atom stereocenters. The highest BCUT2D eigenvalue weighted by Gasteiger charge is 2.14. The van der Waals surface area contributed by atoms with Crippen molar-refractivity contribution in [3.8, 4) is 5.82 Å². The number of anilines is 1. The van der Waals surface area contributed by atoms with Gasteiger partial charge in [-0.3, -0.25) is 4.40 Å². The molecule has 0 aliphatic rings. The van der Waals surface area contributed by atoms with Crippen LogP contribution in [0.5, 0.6) is 0 Å². The number of fused-ring (bicyclic) bond motifs is 1. The van der Waals surface area contributed by atoms with Gasteiger partial charge in [-0.2, -0.15) is 9.67 Å². The second-order valence-electron chi connectivity index (χ2n) is 3.34. The van der Waals surface area contributed by atoms with E-state index in [0.29, 0.717) is 16.2 Å². The van der Waals surface area contributed by atoms with Crippen molar-refractivity contribution in [1.29, 1.82) is 0 Å². The predicted octanol–water partition coefficient (Wildman–Crippen LogP) is 0.358. The van der Waals surface area contributed by atoms with Crippen molar-refractivity contribution in [3.05, 3.63) is 23.0 Å². The molecular formula is C8H7BrN8. The molecule has 3 aromatic heterocycles. The zero-order valence-electron chi connectivity index (χ0n) is 8.74. The van der Waals surface area contributed by atoms with Crippen molar-refractivity contribution in [3.63, 3.8) is 0 Å². The molecule has 86 valence electrons. The maximum Gasteiger partial charge on any atom is 0.241 e. The van der Waals surface area contributed by atoms with Crippen LogP contribution in [0.2, 0.25) is 0 Å². The fourth-order valence-corrected chi connectivity index (χ4v) is 1.95. The molecule has 8 nitrogen and oxygen atoms in total. The molecule has 0 amide bonds. The van der Waals surface area contributed by atoms with E-state index in [4.69, 9.17) is 5.73 Å². The summed E-state index contributed by atoms with van der Waals surface area (Å²) in [6, 6.07) is 0. The number of hydrogen-bond donors (Lipinski definition) is 1. The lowest BCUT2D eigenvalue weighted by Gasteiger charge is -2.01. The lowest BCUT2D eigenvalue weighted by Crippen LogP contribution is -2.04. The first kappa shape index (κ1) is 10.1. The van der Waals surface area contributed by atoms with Gasteiger partial charge in [0.1, 0.15) is 5.82 Å². The average molecular weight is 295 g/mol. The fourth-order valence-electron chi connectivity index (χ4n) is 1.52. The zero-order valence-corrected chi connectivity index (χ0v) is 10.3. The van der Waals surface area contributed by atoms with Crippen LogP contribution in [0.4, 0.5) is 5.95 Å². The molecule has 0 spiro atoms. The van der Waals surface area contributed by atoms with E-state index < -0.39 is 0 Å². The van der Waals surface area contributed by atoms with Crippen molar-refractivity contribution in [2.45, 2.75) is 6.92 Å². The van der Waals surface area contributed by atoms with Gasteiger partial charge in [-0.15, -0.1) is 15.3 Å². The van der Waals surface area contributed by atoms with Crippen LogP contribution >= 0.6 is 15.9 Å². The molecule has 9 heteroatoms. The molecule has 0 unspecified atom stereocenters. The van der Waals surface area contributed by atoms with E-state index in [1.807, 2.05) is 11.3 Å². The molecule has 0 aliphatic heterocycles. The number of aromatic nitrogens is 7. The Kier molecular flexibility index (Phi) is 2.08. The molecule has 3 heterocycles. The number of aryl methyl sites for hydroxylation is 1. The molecule has 3 aromatic rings. The van der Waals surface area contributed by atoms with Crippen molar-refractivity contribution >= 4 is 27.5 Å². The van der Waals surface area contributed by atoms with Crippen LogP contribution in [0.25, 0.3) is 11.5 Å². The van der Waals surface area contributed by atoms with Crippen LogP contribution < -0.4 is 5.73 Å². The molecule has 0 aromatic carbocycles. The van der Waals surface area contributed by atoms with Gasteiger partial charge in [0.15, 0.2) is 0 Å². The monoisotopic (exact) mass is 294 g/mol. The molecule has 2 N–H and O–H groups in total.